The van der Waals surface area contributed by atoms with Crippen molar-refractivity contribution < 1.29 is 13.9 Å². The Labute approximate surface area is 166 Å². The number of nitrogens with two attached hydrogens (primary N) is 1. The minimum absolute atomic E-state index is 0.0517. The number of aliphatic hydroxyl groups is 1. The summed E-state index contributed by atoms with van der Waals surface area (Å²) in [6.07, 6.45) is 0.811. The molecule has 0 bridgehead atoms. The zero-order chi connectivity index (χ0) is 20.0. The van der Waals surface area contributed by atoms with Crippen molar-refractivity contribution in [1.82, 2.24) is 9.97 Å². The fourth-order valence-corrected chi connectivity index (χ4v) is 4.33. The van der Waals surface area contributed by atoms with E-state index in [1.54, 1.807) is 12.1 Å². The van der Waals surface area contributed by atoms with E-state index in [1.165, 1.54) is 12.1 Å². The molecule has 1 saturated carbocycles. The van der Waals surface area contributed by atoms with Gasteiger partial charge in [-0.15, -0.1) is 0 Å². The second-order valence-electron chi connectivity index (χ2n) is 7.54. The Morgan fingerprint density at radius 2 is 2.07 bits per heavy atom. The molecule has 1 aromatic carbocycles. The maximum atomic E-state index is 13.5. The number of fused-ring (bicyclic) bond motifs is 1. The summed E-state index contributed by atoms with van der Waals surface area (Å²) in [7, 11) is 0. The van der Waals surface area contributed by atoms with Gasteiger partial charge in [0.2, 0.25) is 5.95 Å². The van der Waals surface area contributed by atoms with Gasteiger partial charge >= 0.3 is 0 Å². The van der Waals surface area contributed by atoms with Crippen LogP contribution >= 0.6 is 11.6 Å². The summed E-state index contributed by atoms with van der Waals surface area (Å²) >= 11 is 6.39. The molecule has 0 saturated heterocycles. The first kappa shape index (κ1) is 19.0. The smallest absolute Gasteiger partial charge is 0.223 e. The van der Waals surface area contributed by atoms with Crippen LogP contribution in [0, 0.1) is 23.6 Å². The Morgan fingerprint density at radius 3 is 2.79 bits per heavy atom. The zero-order valence-electron chi connectivity index (χ0n) is 15.6. The number of aromatic nitrogens is 2. The van der Waals surface area contributed by atoms with Gasteiger partial charge in [-0.25, -0.2) is 9.37 Å². The lowest BCUT2D eigenvalue weighted by atomic mass is 9.92. The SMILES string of the molecule is C[C@@H]1[C@@H](CO)C[C@@H](Nc2nc(N)nc(Cl)c2-c2cc3ccc(F)cc3o2)[C@@H]1C. The predicted molar refractivity (Wildman–Crippen MR) is 108 cm³/mol. The van der Waals surface area contributed by atoms with E-state index in [4.69, 9.17) is 21.8 Å². The number of hydrogen-bond donors (Lipinski definition) is 3. The molecule has 0 radical (unpaired) electrons. The molecule has 8 heteroatoms. The minimum atomic E-state index is -0.379. The maximum Gasteiger partial charge on any atom is 0.223 e. The number of nitrogens with one attached hydrogen (secondary N) is 1. The summed E-state index contributed by atoms with van der Waals surface area (Å²) in [5, 5.41) is 14.0. The lowest BCUT2D eigenvalue weighted by molar-refractivity contribution is 0.191. The third kappa shape index (κ3) is 3.29. The fourth-order valence-electron chi connectivity index (χ4n) is 4.06. The Hall–Kier alpha value is -2.38. The molecule has 3 aromatic rings. The molecule has 0 aliphatic heterocycles. The van der Waals surface area contributed by atoms with Crippen molar-refractivity contribution in [2.75, 3.05) is 17.7 Å². The van der Waals surface area contributed by atoms with Crippen LogP contribution in [0.15, 0.2) is 28.7 Å². The summed E-state index contributed by atoms with van der Waals surface area (Å²) in [4.78, 5) is 8.40. The van der Waals surface area contributed by atoms with E-state index < -0.39 is 0 Å². The maximum absolute atomic E-state index is 13.5. The number of anilines is 2. The Bertz CT molecular complexity index is 1020. The van der Waals surface area contributed by atoms with Crippen LogP contribution in [0.5, 0.6) is 0 Å². The normalized spacial score (nSPS) is 24.8. The molecule has 4 rings (SSSR count). The summed E-state index contributed by atoms with van der Waals surface area (Å²) in [5.41, 5.74) is 6.72. The number of halogens is 2. The summed E-state index contributed by atoms with van der Waals surface area (Å²) < 4.78 is 19.3. The lowest BCUT2D eigenvalue weighted by Crippen LogP contribution is -2.25. The topological polar surface area (TPSA) is 97.2 Å². The van der Waals surface area contributed by atoms with Crippen LogP contribution in [0.2, 0.25) is 5.15 Å². The molecule has 148 valence electrons. The minimum Gasteiger partial charge on any atom is -0.456 e. The van der Waals surface area contributed by atoms with E-state index in [1.807, 2.05) is 0 Å². The van der Waals surface area contributed by atoms with Crippen molar-refractivity contribution in [3.05, 3.63) is 35.2 Å². The number of nitrogen functional groups attached to an aromatic ring is 1. The first-order chi connectivity index (χ1) is 13.4. The van der Waals surface area contributed by atoms with Gasteiger partial charge in [-0.1, -0.05) is 25.4 Å². The molecule has 28 heavy (non-hydrogen) atoms. The van der Waals surface area contributed by atoms with Gasteiger partial charge in [-0.2, -0.15) is 4.98 Å². The van der Waals surface area contributed by atoms with Crippen LogP contribution in [0.3, 0.4) is 0 Å². The molecule has 2 heterocycles. The van der Waals surface area contributed by atoms with Crippen LogP contribution in [0.4, 0.5) is 16.2 Å². The number of aliphatic hydroxyl groups excluding tert-OH is 1. The Kier molecular flexibility index (Phi) is 4.89. The number of furan rings is 1. The lowest BCUT2D eigenvalue weighted by Gasteiger charge is -2.21. The highest BCUT2D eigenvalue weighted by Crippen LogP contribution is 2.41. The molecule has 0 spiro atoms. The van der Waals surface area contributed by atoms with Crippen LogP contribution in [-0.4, -0.2) is 27.7 Å². The first-order valence-corrected chi connectivity index (χ1v) is 9.65. The molecule has 0 amide bonds. The van der Waals surface area contributed by atoms with Gasteiger partial charge in [0.15, 0.2) is 0 Å². The van der Waals surface area contributed by atoms with Crippen molar-refractivity contribution in [2.45, 2.75) is 26.3 Å². The van der Waals surface area contributed by atoms with Crippen molar-refractivity contribution in [3.8, 4) is 11.3 Å². The average Bonchev–Trinajstić information content (AvgIpc) is 3.16. The fraction of sp³-hybridized carbons (Fsp3) is 0.400. The van der Waals surface area contributed by atoms with E-state index in [0.717, 1.165) is 11.8 Å². The molecular weight excluding hydrogens is 383 g/mol. The van der Waals surface area contributed by atoms with E-state index in [-0.39, 0.29) is 35.5 Å². The summed E-state index contributed by atoms with van der Waals surface area (Å²) in [6.45, 7) is 4.44. The molecule has 4 N–H and O–H groups in total. The van der Waals surface area contributed by atoms with Gasteiger partial charge in [-0.3, -0.25) is 0 Å². The summed E-state index contributed by atoms with van der Waals surface area (Å²) in [6, 6.07) is 6.21. The first-order valence-electron chi connectivity index (χ1n) is 9.27. The molecule has 6 nitrogen and oxygen atoms in total. The van der Waals surface area contributed by atoms with Crippen molar-refractivity contribution in [2.24, 2.45) is 17.8 Å². The predicted octanol–water partition coefficient (Wildman–Crippen LogP) is 4.33. The van der Waals surface area contributed by atoms with Crippen LogP contribution in [-0.2, 0) is 0 Å². The van der Waals surface area contributed by atoms with Gasteiger partial charge < -0.3 is 20.6 Å². The quantitative estimate of drug-likeness (QED) is 0.560. The molecule has 2 aromatic heterocycles. The molecule has 1 aliphatic carbocycles. The largest absolute Gasteiger partial charge is 0.456 e. The van der Waals surface area contributed by atoms with Crippen molar-refractivity contribution in [3.63, 3.8) is 0 Å². The monoisotopic (exact) mass is 404 g/mol. The van der Waals surface area contributed by atoms with E-state index in [2.05, 4.69) is 29.1 Å². The molecule has 1 aliphatic rings. The highest BCUT2D eigenvalue weighted by Gasteiger charge is 2.38. The van der Waals surface area contributed by atoms with E-state index >= 15 is 0 Å². The van der Waals surface area contributed by atoms with Gasteiger partial charge in [0.05, 0.1) is 5.56 Å². The van der Waals surface area contributed by atoms with Crippen molar-refractivity contribution >= 4 is 34.3 Å². The van der Waals surface area contributed by atoms with Gasteiger partial charge in [0, 0.05) is 24.1 Å². The standard InChI is InChI=1S/C20H22ClFN4O2/c1-9-10(2)14(5-12(9)8-27)24-19-17(18(21)25-20(23)26-19)16-6-11-3-4-13(22)7-15(11)28-16/h3-4,6-7,9-10,12,14,27H,5,8H2,1-2H3,(H3,23,24,25,26)/t9-,10+,12+,14+/m0/s1. The highest BCUT2D eigenvalue weighted by molar-refractivity contribution is 6.32. The number of hydrogen-bond acceptors (Lipinski definition) is 6. The molecular formula is C20H22ClFN4O2. The number of benzene rings is 1. The van der Waals surface area contributed by atoms with E-state index in [0.29, 0.717) is 34.6 Å². The van der Waals surface area contributed by atoms with Gasteiger partial charge in [0.25, 0.3) is 0 Å². The molecule has 4 atom stereocenters. The second kappa shape index (κ2) is 7.22. The Balaban J connectivity index is 1.75. The third-order valence-electron chi connectivity index (χ3n) is 5.93. The number of rotatable bonds is 4. The third-order valence-corrected chi connectivity index (χ3v) is 6.21. The zero-order valence-corrected chi connectivity index (χ0v) is 16.4. The number of nitrogens with zero attached hydrogens (tertiary/aromatic N) is 2. The summed E-state index contributed by atoms with van der Waals surface area (Å²) in [5.74, 6) is 1.50. The molecule has 1 fully saturated rings. The van der Waals surface area contributed by atoms with E-state index in [9.17, 15) is 9.50 Å². The van der Waals surface area contributed by atoms with Gasteiger partial charge in [0.1, 0.15) is 28.1 Å². The van der Waals surface area contributed by atoms with Gasteiger partial charge in [-0.05, 0) is 42.4 Å². The molecule has 0 unspecified atom stereocenters. The van der Waals surface area contributed by atoms with Crippen LogP contribution < -0.4 is 11.1 Å². The average molecular weight is 405 g/mol. The van der Waals surface area contributed by atoms with Crippen LogP contribution in [0.1, 0.15) is 20.3 Å². The highest BCUT2D eigenvalue weighted by atomic mass is 35.5. The second-order valence-corrected chi connectivity index (χ2v) is 7.89. The van der Waals surface area contributed by atoms with Crippen LogP contribution in [0.25, 0.3) is 22.3 Å². The Morgan fingerprint density at radius 1 is 1.29 bits per heavy atom. The van der Waals surface area contributed by atoms with Crippen molar-refractivity contribution in [1.29, 1.82) is 0 Å².